The Morgan fingerprint density at radius 2 is 1.76 bits per heavy atom. The van der Waals surface area contributed by atoms with Crippen LogP contribution in [0.15, 0.2) is 60.8 Å². The molecule has 0 amide bonds. The molecular weight excluding hydrogens is 318 g/mol. The SMILES string of the molecule is CC(=O)c1ccc(OCC(=O)OCc2cccc3cccnc23)cc1. The quantitative estimate of drug-likeness (QED) is 0.509. The first-order chi connectivity index (χ1) is 12.1. The number of Topliss-reactive ketones (excluding diaryl/α,β-unsaturated/α-hetero) is 1. The van der Waals surface area contributed by atoms with Gasteiger partial charge in [-0.25, -0.2) is 4.79 Å². The first kappa shape index (κ1) is 16.6. The number of benzene rings is 2. The van der Waals surface area contributed by atoms with Crippen molar-refractivity contribution in [2.75, 3.05) is 6.61 Å². The van der Waals surface area contributed by atoms with Gasteiger partial charge < -0.3 is 9.47 Å². The van der Waals surface area contributed by atoms with Gasteiger partial charge in [0.25, 0.3) is 0 Å². The van der Waals surface area contributed by atoms with Crippen LogP contribution < -0.4 is 4.74 Å². The van der Waals surface area contributed by atoms with Crippen LogP contribution in [0.3, 0.4) is 0 Å². The highest BCUT2D eigenvalue weighted by molar-refractivity contribution is 5.94. The van der Waals surface area contributed by atoms with E-state index in [1.165, 1.54) is 6.92 Å². The lowest BCUT2D eigenvalue weighted by atomic mass is 10.1. The minimum atomic E-state index is -0.469. The summed E-state index contributed by atoms with van der Waals surface area (Å²) in [5.41, 5.74) is 2.26. The molecule has 1 aromatic heterocycles. The normalized spacial score (nSPS) is 10.4. The third kappa shape index (κ3) is 4.20. The molecule has 5 heteroatoms. The molecule has 0 aliphatic carbocycles. The molecule has 5 nitrogen and oxygen atoms in total. The van der Waals surface area contributed by atoms with E-state index in [9.17, 15) is 9.59 Å². The van der Waals surface area contributed by atoms with E-state index in [4.69, 9.17) is 9.47 Å². The molecule has 1 heterocycles. The standard InChI is InChI=1S/C20H17NO4/c1-14(22)15-7-9-18(10-8-15)24-13-19(23)25-12-17-5-2-4-16-6-3-11-21-20(16)17/h2-11H,12-13H2,1H3. The Hall–Kier alpha value is -3.21. The number of ketones is 1. The molecule has 0 atom stereocenters. The van der Waals surface area contributed by atoms with Gasteiger partial charge >= 0.3 is 5.97 Å². The van der Waals surface area contributed by atoms with Crippen LogP contribution >= 0.6 is 0 Å². The summed E-state index contributed by atoms with van der Waals surface area (Å²) in [5.74, 6) is 0.0204. The Bertz CT molecular complexity index is 898. The minimum absolute atomic E-state index is 0.0188. The molecule has 0 unspecified atom stereocenters. The Morgan fingerprint density at radius 1 is 1.00 bits per heavy atom. The van der Waals surface area contributed by atoms with Gasteiger partial charge in [0.15, 0.2) is 12.4 Å². The predicted molar refractivity (Wildman–Crippen MR) is 93.5 cm³/mol. The molecule has 0 N–H and O–H groups in total. The van der Waals surface area contributed by atoms with Crippen LogP contribution in [0, 0.1) is 0 Å². The molecule has 0 fully saturated rings. The summed E-state index contributed by atoms with van der Waals surface area (Å²) in [5, 5.41) is 0.998. The maximum absolute atomic E-state index is 11.9. The second-order valence-electron chi connectivity index (χ2n) is 5.52. The largest absolute Gasteiger partial charge is 0.482 e. The third-order valence-corrected chi connectivity index (χ3v) is 3.72. The number of hydrogen-bond acceptors (Lipinski definition) is 5. The number of carbonyl (C=O) groups excluding carboxylic acids is 2. The number of esters is 1. The number of rotatable bonds is 6. The molecule has 0 saturated heterocycles. The molecule has 0 saturated carbocycles. The zero-order chi connectivity index (χ0) is 17.6. The summed E-state index contributed by atoms with van der Waals surface area (Å²) >= 11 is 0. The Kier molecular flexibility index (Phi) is 5.04. The molecule has 0 spiro atoms. The summed E-state index contributed by atoms with van der Waals surface area (Å²) in [6, 6.07) is 16.2. The number of para-hydroxylation sites is 1. The highest BCUT2D eigenvalue weighted by Gasteiger charge is 2.08. The molecular formula is C20H17NO4. The third-order valence-electron chi connectivity index (χ3n) is 3.72. The number of fused-ring (bicyclic) bond motifs is 1. The fourth-order valence-corrected chi connectivity index (χ4v) is 2.41. The van der Waals surface area contributed by atoms with E-state index in [2.05, 4.69) is 4.98 Å². The summed E-state index contributed by atoms with van der Waals surface area (Å²) in [4.78, 5) is 27.4. The van der Waals surface area contributed by atoms with Gasteiger partial charge in [-0.05, 0) is 37.3 Å². The van der Waals surface area contributed by atoms with Crippen LogP contribution in [0.25, 0.3) is 10.9 Å². The van der Waals surface area contributed by atoms with Gasteiger partial charge in [-0.15, -0.1) is 0 Å². The second-order valence-corrected chi connectivity index (χ2v) is 5.52. The van der Waals surface area contributed by atoms with Crippen molar-refractivity contribution >= 4 is 22.7 Å². The molecule has 0 aliphatic heterocycles. The fourth-order valence-electron chi connectivity index (χ4n) is 2.41. The number of aromatic nitrogens is 1. The summed E-state index contributed by atoms with van der Waals surface area (Å²) in [6.07, 6.45) is 1.71. The van der Waals surface area contributed by atoms with Crippen LogP contribution in [0.1, 0.15) is 22.8 Å². The first-order valence-corrected chi connectivity index (χ1v) is 7.85. The molecule has 0 bridgehead atoms. The van der Waals surface area contributed by atoms with Gasteiger partial charge in [0.05, 0.1) is 5.52 Å². The van der Waals surface area contributed by atoms with Gasteiger partial charge in [-0.1, -0.05) is 24.3 Å². The van der Waals surface area contributed by atoms with Crippen molar-refractivity contribution in [1.29, 1.82) is 0 Å². The Balaban J connectivity index is 1.55. The van der Waals surface area contributed by atoms with Crippen molar-refractivity contribution in [2.45, 2.75) is 13.5 Å². The minimum Gasteiger partial charge on any atom is -0.482 e. The predicted octanol–water partition coefficient (Wildman–Crippen LogP) is 3.56. The Labute approximate surface area is 145 Å². The number of pyridine rings is 1. The monoisotopic (exact) mass is 335 g/mol. The van der Waals surface area contributed by atoms with Crippen molar-refractivity contribution in [3.05, 3.63) is 71.9 Å². The molecule has 2 aromatic carbocycles. The second kappa shape index (κ2) is 7.57. The van der Waals surface area contributed by atoms with Gasteiger partial charge in [-0.3, -0.25) is 9.78 Å². The van der Waals surface area contributed by atoms with E-state index >= 15 is 0 Å². The number of ether oxygens (including phenoxy) is 2. The van der Waals surface area contributed by atoms with E-state index in [0.717, 1.165) is 16.5 Å². The summed E-state index contributed by atoms with van der Waals surface area (Å²) in [6.45, 7) is 1.44. The van der Waals surface area contributed by atoms with Crippen LogP contribution in [-0.4, -0.2) is 23.3 Å². The van der Waals surface area contributed by atoms with Gasteiger partial charge in [0.1, 0.15) is 12.4 Å². The zero-order valence-electron chi connectivity index (χ0n) is 13.8. The van der Waals surface area contributed by atoms with Crippen LogP contribution in [0.5, 0.6) is 5.75 Å². The molecule has 126 valence electrons. The zero-order valence-corrected chi connectivity index (χ0v) is 13.8. The highest BCUT2D eigenvalue weighted by Crippen LogP contribution is 2.17. The molecule has 0 radical (unpaired) electrons. The van der Waals surface area contributed by atoms with E-state index in [1.54, 1.807) is 30.5 Å². The number of nitrogens with zero attached hydrogens (tertiary/aromatic N) is 1. The van der Waals surface area contributed by atoms with Crippen molar-refractivity contribution < 1.29 is 19.1 Å². The van der Waals surface area contributed by atoms with Crippen molar-refractivity contribution in [3.63, 3.8) is 0 Å². The van der Waals surface area contributed by atoms with Crippen LogP contribution in [-0.2, 0) is 16.1 Å². The van der Waals surface area contributed by atoms with Crippen LogP contribution in [0.4, 0.5) is 0 Å². The lowest BCUT2D eigenvalue weighted by molar-refractivity contribution is -0.147. The average Bonchev–Trinajstić information content (AvgIpc) is 2.65. The number of hydrogen-bond donors (Lipinski definition) is 0. The number of carbonyl (C=O) groups is 2. The maximum atomic E-state index is 11.9. The van der Waals surface area contributed by atoms with Crippen molar-refractivity contribution in [1.82, 2.24) is 4.98 Å². The van der Waals surface area contributed by atoms with Gasteiger partial charge in [0.2, 0.25) is 0 Å². The molecule has 3 aromatic rings. The lowest BCUT2D eigenvalue weighted by Gasteiger charge is -2.09. The van der Waals surface area contributed by atoms with Crippen molar-refractivity contribution in [2.24, 2.45) is 0 Å². The molecule has 25 heavy (non-hydrogen) atoms. The molecule has 3 rings (SSSR count). The highest BCUT2D eigenvalue weighted by atomic mass is 16.6. The van der Waals surface area contributed by atoms with Crippen molar-refractivity contribution in [3.8, 4) is 5.75 Å². The van der Waals surface area contributed by atoms with E-state index < -0.39 is 5.97 Å². The Morgan fingerprint density at radius 3 is 2.52 bits per heavy atom. The van der Waals surface area contributed by atoms with Gasteiger partial charge in [0, 0.05) is 22.7 Å². The first-order valence-electron chi connectivity index (χ1n) is 7.85. The molecule has 0 aliphatic rings. The van der Waals surface area contributed by atoms with Gasteiger partial charge in [-0.2, -0.15) is 0 Å². The van der Waals surface area contributed by atoms with Crippen LogP contribution in [0.2, 0.25) is 0 Å². The summed E-state index contributed by atoms with van der Waals surface area (Å²) < 4.78 is 10.6. The van der Waals surface area contributed by atoms with E-state index in [1.807, 2.05) is 30.3 Å². The topological polar surface area (TPSA) is 65.5 Å². The lowest BCUT2D eigenvalue weighted by Crippen LogP contribution is -2.15. The average molecular weight is 335 g/mol. The summed E-state index contributed by atoms with van der Waals surface area (Å²) in [7, 11) is 0. The fraction of sp³-hybridized carbons (Fsp3) is 0.150. The van der Waals surface area contributed by atoms with E-state index in [0.29, 0.717) is 11.3 Å². The van der Waals surface area contributed by atoms with E-state index in [-0.39, 0.29) is 19.0 Å². The smallest absolute Gasteiger partial charge is 0.344 e. The maximum Gasteiger partial charge on any atom is 0.344 e.